The fourth-order valence-electron chi connectivity index (χ4n) is 0.910. The number of hydrogen-bond acceptors (Lipinski definition) is 5. The van der Waals surface area contributed by atoms with Gasteiger partial charge in [-0.05, 0) is 17.7 Å². The van der Waals surface area contributed by atoms with E-state index < -0.39 is 0 Å². The molecule has 0 saturated carbocycles. The van der Waals surface area contributed by atoms with Crippen molar-refractivity contribution in [1.29, 1.82) is 0 Å². The molecular weight excluding hydrogens is 184 g/mol. The van der Waals surface area contributed by atoms with E-state index in [9.17, 15) is 4.79 Å². The molecule has 1 atom stereocenters. The van der Waals surface area contributed by atoms with Crippen LogP contribution in [0.1, 0.15) is 13.3 Å². The van der Waals surface area contributed by atoms with Crippen LogP contribution in [0, 0.1) is 5.92 Å². The molecule has 0 bridgehead atoms. The van der Waals surface area contributed by atoms with Crippen LogP contribution in [0.25, 0.3) is 0 Å². The zero-order chi connectivity index (χ0) is 10.6. The molecule has 14 heavy (non-hydrogen) atoms. The number of nitrogens with two attached hydrogens (primary N) is 1. The average molecular weight is 198 g/mol. The zero-order valence-corrected chi connectivity index (χ0v) is 8.27. The predicted molar refractivity (Wildman–Crippen MR) is 50.3 cm³/mol. The highest BCUT2D eigenvalue weighted by Crippen LogP contribution is 2.01. The van der Waals surface area contributed by atoms with E-state index in [0.29, 0.717) is 13.0 Å². The fourth-order valence-corrected chi connectivity index (χ4v) is 0.910. The number of tetrazole rings is 1. The minimum atomic E-state index is -0.143. The summed E-state index contributed by atoms with van der Waals surface area (Å²) in [5.41, 5.74) is 5.39. The van der Waals surface area contributed by atoms with Crippen LogP contribution in [0.4, 0.5) is 5.95 Å². The number of aryl methyl sites for hydroxylation is 1. The maximum Gasteiger partial charge on any atom is 0.270 e. The Morgan fingerprint density at radius 2 is 2.43 bits per heavy atom. The van der Waals surface area contributed by atoms with Gasteiger partial charge in [-0.1, -0.05) is 12.0 Å². The summed E-state index contributed by atoms with van der Waals surface area (Å²) in [6.45, 7) is 2.39. The molecule has 0 fully saturated rings. The van der Waals surface area contributed by atoms with E-state index in [0.717, 1.165) is 0 Å². The van der Waals surface area contributed by atoms with Crippen molar-refractivity contribution in [3.8, 4) is 0 Å². The lowest BCUT2D eigenvalue weighted by molar-refractivity contribution is -0.116. The number of anilines is 1. The minimum absolute atomic E-state index is 0.143. The Hall–Kier alpha value is -1.50. The molecule has 0 aromatic carbocycles. The molecule has 1 aromatic heterocycles. The van der Waals surface area contributed by atoms with E-state index in [1.165, 1.54) is 4.80 Å². The number of carbonyl (C=O) groups is 1. The Labute approximate surface area is 81.7 Å². The van der Waals surface area contributed by atoms with E-state index in [-0.39, 0.29) is 17.8 Å². The molecule has 1 rings (SSSR count). The summed E-state index contributed by atoms with van der Waals surface area (Å²) in [5, 5.41) is 13.6. The zero-order valence-electron chi connectivity index (χ0n) is 8.27. The van der Waals surface area contributed by atoms with Gasteiger partial charge < -0.3 is 5.73 Å². The summed E-state index contributed by atoms with van der Waals surface area (Å²) >= 11 is 0. The Morgan fingerprint density at radius 1 is 1.71 bits per heavy atom. The normalized spacial score (nSPS) is 12.5. The molecule has 1 amide bonds. The van der Waals surface area contributed by atoms with Crippen LogP contribution in [0.2, 0.25) is 0 Å². The third-order valence-electron chi connectivity index (χ3n) is 1.70. The van der Waals surface area contributed by atoms with Crippen molar-refractivity contribution in [2.24, 2.45) is 18.7 Å². The number of nitrogens with one attached hydrogen (secondary N) is 1. The monoisotopic (exact) mass is 198 g/mol. The van der Waals surface area contributed by atoms with Crippen molar-refractivity contribution in [1.82, 2.24) is 20.2 Å². The molecule has 78 valence electrons. The van der Waals surface area contributed by atoms with E-state index in [1.807, 2.05) is 6.92 Å². The van der Waals surface area contributed by atoms with Gasteiger partial charge in [-0.3, -0.25) is 10.1 Å². The molecule has 0 aliphatic heterocycles. The molecule has 1 aromatic rings. The van der Waals surface area contributed by atoms with Crippen LogP contribution in [-0.4, -0.2) is 32.7 Å². The first kappa shape index (κ1) is 10.6. The van der Waals surface area contributed by atoms with Crippen LogP contribution in [0.5, 0.6) is 0 Å². The van der Waals surface area contributed by atoms with E-state index in [1.54, 1.807) is 7.05 Å². The smallest absolute Gasteiger partial charge is 0.270 e. The van der Waals surface area contributed by atoms with Crippen LogP contribution in [0.15, 0.2) is 0 Å². The SMILES string of the molecule is CC(CN)CC(=O)Nc1nnn(C)n1. The van der Waals surface area contributed by atoms with Crippen LogP contribution in [-0.2, 0) is 11.8 Å². The second-order valence-electron chi connectivity index (χ2n) is 3.20. The number of rotatable bonds is 4. The molecule has 7 nitrogen and oxygen atoms in total. The highest BCUT2D eigenvalue weighted by Gasteiger charge is 2.09. The second-order valence-corrected chi connectivity index (χ2v) is 3.20. The number of nitrogens with zero attached hydrogens (tertiary/aromatic N) is 4. The number of hydrogen-bond donors (Lipinski definition) is 2. The Bertz CT molecular complexity index is 309. The summed E-state index contributed by atoms with van der Waals surface area (Å²) in [4.78, 5) is 12.6. The Kier molecular flexibility index (Phi) is 3.52. The molecular formula is C7H14N6O. The van der Waals surface area contributed by atoms with Crippen molar-refractivity contribution in [3.05, 3.63) is 0 Å². The average Bonchev–Trinajstić information content (AvgIpc) is 2.50. The topological polar surface area (TPSA) is 98.7 Å². The van der Waals surface area contributed by atoms with Crippen molar-refractivity contribution in [3.63, 3.8) is 0 Å². The highest BCUT2D eigenvalue weighted by molar-refractivity contribution is 5.88. The van der Waals surface area contributed by atoms with Gasteiger partial charge in [-0.2, -0.15) is 4.80 Å². The molecule has 3 N–H and O–H groups in total. The molecule has 0 spiro atoms. The lowest BCUT2D eigenvalue weighted by atomic mass is 10.1. The number of amides is 1. The molecule has 0 aliphatic carbocycles. The van der Waals surface area contributed by atoms with E-state index in [2.05, 4.69) is 20.7 Å². The van der Waals surface area contributed by atoms with Gasteiger partial charge in [0.1, 0.15) is 0 Å². The summed E-state index contributed by atoms with van der Waals surface area (Å²) < 4.78 is 0. The quantitative estimate of drug-likeness (QED) is 0.655. The summed E-state index contributed by atoms with van der Waals surface area (Å²) in [5.74, 6) is 0.240. The maximum absolute atomic E-state index is 11.3. The third kappa shape index (κ3) is 3.09. The van der Waals surface area contributed by atoms with Crippen molar-refractivity contribution < 1.29 is 4.79 Å². The van der Waals surface area contributed by atoms with Gasteiger partial charge in [0.15, 0.2) is 0 Å². The first-order chi connectivity index (χ1) is 6.61. The number of carbonyl (C=O) groups excluding carboxylic acids is 1. The van der Waals surface area contributed by atoms with Crippen molar-refractivity contribution in [2.45, 2.75) is 13.3 Å². The van der Waals surface area contributed by atoms with Gasteiger partial charge in [0.05, 0.1) is 7.05 Å². The van der Waals surface area contributed by atoms with Gasteiger partial charge in [0.2, 0.25) is 5.91 Å². The minimum Gasteiger partial charge on any atom is -0.330 e. The van der Waals surface area contributed by atoms with Crippen molar-refractivity contribution >= 4 is 11.9 Å². The summed E-state index contributed by atoms with van der Waals surface area (Å²) in [7, 11) is 1.63. The summed E-state index contributed by atoms with van der Waals surface area (Å²) in [6, 6.07) is 0. The predicted octanol–water partition coefficient (Wildman–Crippen LogP) is -0.866. The van der Waals surface area contributed by atoms with Gasteiger partial charge in [0.25, 0.3) is 5.95 Å². The van der Waals surface area contributed by atoms with Gasteiger partial charge >= 0.3 is 0 Å². The van der Waals surface area contributed by atoms with Crippen LogP contribution >= 0.6 is 0 Å². The van der Waals surface area contributed by atoms with Crippen LogP contribution < -0.4 is 11.1 Å². The maximum atomic E-state index is 11.3. The summed E-state index contributed by atoms with van der Waals surface area (Å²) in [6.07, 6.45) is 0.370. The van der Waals surface area contributed by atoms with Crippen LogP contribution in [0.3, 0.4) is 0 Å². The van der Waals surface area contributed by atoms with Crippen molar-refractivity contribution in [2.75, 3.05) is 11.9 Å². The highest BCUT2D eigenvalue weighted by atomic mass is 16.1. The molecule has 0 saturated heterocycles. The van der Waals surface area contributed by atoms with Gasteiger partial charge in [-0.15, -0.1) is 5.10 Å². The molecule has 1 unspecified atom stereocenters. The Morgan fingerprint density at radius 3 is 2.93 bits per heavy atom. The van der Waals surface area contributed by atoms with E-state index in [4.69, 9.17) is 5.73 Å². The molecule has 1 heterocycles. The first-order valence-electron chi connectivity index (χ1n) is 4.35. The lowest BCUT2D eigenvalue weighted by Crippen LogP contribution is -2.20. The standard InChI is InChI=1S/C7H14N6O/c1-5(4-8)3-6(14)9-7-10-12-13(2)11-7/h5H,3-4,8H2,1-2H3,(H,9,11,14). The van der Waals surface area contributed by atoms with Gasteiger partial charge in [0, 0.05) is 6.42 Å². The third-order valence-corrected chi connectivity index (χ3v) is 1.70. The van der Waals surface area contributed by atoms with Gasteiger partial charge in [-0.25, -0.2) is 0 Å². The number of aromatic nitrogens is 4. The largest absolute Gasteiger partial charge is 0.330 e. The molecule has 7 heteroatoms. The fraction of sp³-hybridized carbons (Fsp3) is 0.714. The van der Waals surface area contributed by atoms with E-state index >= 15 is 0 Å². The molecule has 0 aliphatic rings. The molecule has 0 radical (unpaired) electrons. The Balaban J connectivity index is 2.41. The lowest BCUT2D eigenvalue weighted by Gasteiger charge is -2.05. The first-order valence-corrected chi connectivity index (χ1v) is 4.35. The second kappa shape index (κ2) is 4.66.